The summed E-state index contributed by atoms with van der Waals surface area (Å²) < 4.78 is 0. The molecule has 4 nitrogen and oxygen atoms in total. The predicted octanol–water partition coefficient (Wildman–Crippen LogP) is 3.31. The van der Waals surface area contributed by atoms with Crippen LogP contribution in [0.25, 0.3) is 11.3 Å². The molecule has 1 N–H and O–H groups in total. The lowest BCUT2D eigenvalue weighted by molar-refractivity contribution is 0.892. The van der Waals surface area contributed by atoms with E-state index in [1.165, 1.54) is 5.56 Å². The van der Waals surface area contributed by atoms with Crippen molar-refractivity contribution in [1.82, 2.24) is 15.0 Å². The molecule has 2 rings (SSSR count). The van der Waals surface area contributed by atoms with Crippen molar-refractivity contribution in [3.8, 4) is 11.3 Å². The van der Waals surface area contributed by atoms with E-state index in [1.54, 1.807) is 18.7 Å². The van der Waals surface area contributed by atoms with E-state index in [2.05, 4.69) is 34.1 Å². The van der Waals surface area contributed by atoms with Gasteiger partial charge in [0.25, 0.3) is 0 Å². The van der Waals surface area contributed by atoms with Crippen LogP contribution in [-0.4, -0.2) is 21.5 Å². The predicted molar refractivity (Wildman–Crippen MR) is 78.0 cm³/mol. The summed E-state index contributed by atoms with van der Waals surface area (Å²) in [5, 5.41) is 3.39. The lowest BCUT2D eigenvalue weighted by Crippen LogP contribution is -2.07. The quantitative estimate of drug-likeness (QED) is 0.861. The van der Waals surface area contributed by atoms with Crippen molar-refractivity contribution in [2.75, 3.05) is 11.9 Å². The molecule has 0 radical (unpaired) electrons. The number of hydrogen-bond acceptors (Lipinski definition) is 4. The van der Waals surface area contributed by atoms with Gasteiger partial charge >= 0.3 is 0 Å². The third-order valence-electron chi connectivity index (χ3n) is 2.94. The molecule has 0 aliphatic heterocycles. The molecule has 0 bridgehead atoms. The summed E-state index contributed by atoms with van der Waals surface area (Å²) in [7, 11) is 0. The zero-order valence-electron chi connectivity index (χ0n) is 11.6. The largest absolute Gasteiger partial charge is 0.370 e. The van der Waals surface area contributed by atoms with E-state index in [-0.39, 0.29) is 0 Å². The van der Waals surface area contributed by atoms with Crippen molar-refractivity contribution < 1.29 is 0 Å². The van der Waals surface area contributed by atoms with Crippen LogP contribution in [0.4, 0.5) is 5.82 Å². The first-order valence-electron chi connectivity index (χ1n) is 6.85. The van der Waals surface area contributed by atoms with Gasteiger partial charge < -0.3 is 5.32 Å². The van der Waals surface area contributed by atoms with Crippen LogP contribution in [0.3, 0.4) is 0 Å². The number of rotatable bonds is 6. The Hall–Kier alpha value is -1.97. The maximum absolute atomic E-state index is 4.46. The average Bonchev–Trinajstić information content (AvgIpc) is 2.47. The summed E-state index contributed by atoms with van der Waals surface area (Å²) in [4.78, 5) is 12.9. The van der Waals surface area contributed by atoms with Crippen molar-refractivity contribution in [3.63, 3.8) is 0 Å². The van der Waals surface area contributed by atoms with Crippen LogP contribution >= 0.6 is 0 Å². The Bertz CT molecular complexity index is 511. The number of anilines is 1. The molecule has 0 saturated heterocycles. The maximum atomic E-state index is 4.46. The highest BCUT2D eigenvalue weighted by Gasteiger charge is 2.11. The van der Waals surface area contributed by atoms with Crippen LogP contribution in [0, 0.1) is 0 Å². The Morgan fingerprint density at radius 3 is 2.53 bits per heavy atom. The van der Waals surface area contributed by atoms with Crippen LogP contribution in [-0.2, 0) is 6.42 Å². The number of hydrogen-bond donors (Lipinski definition) is 1. The molecule has 2 aromatic rings. The number of aromatic nitrogens is 3. The van der Waals surface area contributed by atoms with Gasteiger partial charge in [0.05, 0.1) is 5.69 Å². The minimum Gasteiger partial charge on any atom is -0.370 e. The molecule has 2 heterocycles. The molecule has 0 amide bonds. The van der Waals surface area contributed by atoms with Crippen molar-refractivity contribution in [3.05, 3.63) is 36.4 Å². The van der Waals surface area contributed by atoms with Gasteiger partial charge in [-0.15, -0.1) is 0 Å². The van der Waals surface area contributed by atoms with E-state index >= 15 is 0 Å². The monoisotopic (exact) mass is 256 g/mol. The minimum atomic E-state index is 0.934. The van der Waals surface area contributed by atoms with Gasteiger partial charge in [0.2, 0.25) is 0 Å². The highest BCUT2D eigenvalue weighted by atomic mass is 15.0. The molecule has 0 aliphatic rings. The van der Waals surface area contributed by atoms with E-state index in [9.17, 15) is 0 Å². The first-order chi connectivity index (χ1) is 9.36. The Labute approximate surface area is 114 Å². The zero-order chi connectivity index (χ0) is 13.5. The molecule has 0 atom stereocenters. The third kappa shape index (κ3) is 3.28. The summed E-state index contributed by atoms with van der Waals surface area (Å²) in [6.07, 6.45) is 8.36. The molecule has 0 fully saturated rings. The topological polar surface area (TPSA) is 50.7 Å². The first kappa shape index (κ1) is 13.5. The molecule has 4 heteroatoms. The second-order valence-electron chi connectivity index (χ2n) is 4.46. The van der Waals surface area contributed by atoms with E-state index in [4.69, 9.17) is 0 Å². The Morgan fingerprint density at radius 2 is 1.84 bits per heavy atom. The van der Waals surface area contributed by atoms with E-state index < -0.39 is 0 Å². The van der Waals surface area contributed by atoms with Crippen molar-refractivity contribution in [2.45, 2.75) is 33.1 Å². The Kier molecular flexibility index (Phi) is 4.84. The first-order valence-corrected chi connectivity index (χ1v) is 6.85. The molecule has 19 heavy (non-hydrogen) atoms. The summed E-state index contributed by atoms with van der Waals surface area (Å²) in [6, 6.07) is 3.98. The molecule has 100 valence electrons. The second-order valence-corrected chi connectivity index (χ2v) is 4.46. The molecule has 2 aromatic heterocycles. The Balaban J connectivity index is 2.42. The fourth-order valence-electron chi connectivity index (χ4n) is 2.05. The Morgan fingerprint density at radius 1 is 1.05 bits per heavy atom. The summed E-state index contributed by atoms with van der Waals surface area (Å²) in [6.45, 7) is 5.26. The van der Waals surface area contributed by atoms with E-state index in [0.717, 1.165) is 42.9 Å². The van der Waals surface area contributed by atoms with Gasteiger partial charge in [-0.3, -0.25) is 4.98 Å². The maximum Gasteiger partial charge on any atom is 0.133 e. The fourth-order valence-corrected chi connectivity index (χ4v) is 2.05. The van der Waals surface area contributed by atoms with Crippen molar-refractivity contribution >= 4 is 5.82 Å². The van der Waals surface area contributed by atoms with Crippen LogP contribution in [0.15, 0.2) is 30.9 Å². The highest BCUT2D eigenvalue weighted by Crippen LogP contribution is 2.26. The third-order valence-corrected chi connectivity index (χ3v) is 2.94. The molecular weight excluding hydrogens is 236 g/mol. The van der Waals surface area contributed by atoms with Gasteiger partial charge in [0.15, 0.2) is 0 Å². The fraction of sp³-hybridized carbons (Fsp3) is 0.400. The number of nitrogens with zero attached hydrogens (tertiary/aromatic N) is 3. The van der Waals surface area contributed by atoms with E-state index in [1.807, 2.05) is 12.1 Å². The van der Waals surface area contributed by atoms with Crippen molar-refractivity contribution in [1.29, 1.82) is 0 Å². The van der Waals surface area contributed by atoms with Gasteiger partial charge in [-0.25, -0.2) is 9.97 Å². The van der Waals surface area contributed by atoms with Crippen LogP contribution in [0.5, 0.6) is 0 Å². The van der Waals surface area contributed by atoms with E-state index in [0.29, 0.717) is 0 Å². The van der Waals surface area contributed by atoms with Crippen LogP contribution in [0.2, 0.25) is 0 Å². The smallest absolute Gasteiger partial charge is 0.133 e. The van der Waals surface area contributed by atoms with Gasteiger partial charge in [0, 0.05) is 30.1 Å². The van der Waals surface area contributed by atoms with Crippen LogP contribution in [0.1, 0.15) is 32.3 Å². The average molecular weight is 256 g/mol. The summed E-state index contributed by atoms with van der Waals surface area (Å²) in [5.41, 5.74) is 3.31. The standard InChI is InChI=1S/C15H20N4/c1-3-5-13-14(12-6-9-16-10-7-12)18-11-19-15(13)17-8-4-2/h6-7,9-11H,3-5,8H2,1-2H3,(H,17,18,19). The number of nitrogens with one attached hydrogen (secondary N) is 1. The van der Waals surface area contributed by atoms with Gasteiger partial charge in [-0.05, 0) is 25.0 Å². The minimum absolute atomic E-state index is 0.934. The SMILES string of the molecule is CCCNc1ncnc(-c2ccncc2)c1CCC. The lowest BCUT2D eigenvalue weighted by Gasteiger charge is -2.13. The molecular formula is C15H20N4. The summed E-state index contributed by atoms with van der Waals surface area (Å²) in [5.74, 6) is 0.963. The second kappa shape index (κ2) is 6.83. The number of pyridine rings is 1. The molecule has 0 aromatic carbocycles. The zero-order valence-corrected chi connectivity index (χ0v) is 11.6. The molecule has 0 saturated carbocycles. The normalized spacial score (nSPS) is 10.4. The molecule has 0 aliphatic carbocycles. The van der Waals surface area contributed by atoms with Gasteiger partial charge in [-0.2, -0.15) is 0 Å². The van der Waals surface area contributed by atoms with Crippen LogP contribution < -0.4 is 5.32 Å². The lowest BCUT2D eigenvalue weighted by atomic mass is 10.0. The van der Waals surface area contributed by atoms with Gasteiger partial charge in [0.1, 0.15) is 12.1 Å². The molecule has 0 unspecified atom stereocenters. The van der Waals surface area contributed by atoms with Crippen molar-refractivity contribution in [2.24, 2.45) is 0 Å². The summed E-state index contributed by atoms with van der Waals surface area (Å²) >= 11 is 0. The van der Waals surface area contributed by atoms with Gasteiger partial charge in [-0.1, -0.05) is 20.3 Å². The molecule has 0 spiro atoms. The highest BCUT2D eigenvalue weighted by molar-refractivity contribution is 5.67.